The van der Waals surface area contributed by atoms with Crippen LogP contribution in [0.2, 0.25) is 0 Å². The monoisotopic (exact) mass is 392 g/mol. The number of fused-ring (bicyclic) bond motifs is 1. The first-order valence-electron chi connectivity index (χ1n) is 9.68. The Kier molecular flexibility index (Phi) is 4.67. The average molecular weight is 392 g/mol. The van der Waals surface area contributed by atoms with E-state index in [2.05, 4.69) is 5.32 Å². The second-order valence-electron chi connectivity index (χ2n) is 7.89. The van der Waals surface area contributed by atoms with Crippen molar-refractivity contribution in [2.45, 2.75) is 38.1 Å². The van der Waals surface area contributed by atoms with Crippen LogP contribution in [-0.2, 0) is 5.54 Å². The Bertz CT molecular complexity index is 1140. The zero-order valence-electron chi connectivity index (χ0n) is 16.7. The number of rotatable bonds is 5. The van der Waals surface area contributed by atoms with Gasteiger partial charge in [-0.3, -0.25) is 4.79 Å². The lowest BCUT2D eigenvalue weighted by Gasteiger charge is -2.14. The number of hydrogen-bond donors (Lipinski definition) is 2. The van der Waals surface area contributed by atoms with Gasteiger partial charge in [0.25, 0.3) is 5.91 Å². The zero-order valence-corrected chi connectivity index (χ0v) is 16.7. The van der Waals surface area contributed by atoms with Crippen molar-refractivity contribution in [1.82, 2.24) is 0 Å². The highest BCUT2D eigenvalue weighted by molar-refractivity contribution is 6.05. The highest BCUT2D eigenvalue weighted by Crippen LogP contribution is 2.42. The number of amides is 1. The molecule has 4 rings (SSSR count). The van der Waals surface area contributed by atoms with Crippen LogP contribution in [0.25, 0.3) is 11.0 Å². The normalized spacial score (nSPS) is 14.8. The molecule has 6 heteroatoms. The molecule has 150 valence electrons. The van der Waals surface area contributed by atoms with E-state index in [0.717, 1.165) is 24.0 Å². The highest BCUT2D eigenvalue weighted by atomic mass is 16.5. The smallest absolute Gasteiger partial charge is 0.349 e. The SMILES string of the molecule is COc1ccc2cc(C(=O)Nc3ccc(C4(N)CC4)cc3)c(=O)oc2c1C(C)C. The third kappa shape index (κ3) is 3.51. The molecule has 0 radical (unpaired) electrons. The molecule has 2 aromatic carbocycles. The van der Waals surface area contributed by atoms with Crippen molar-refractivity contribution in [2.24, 2.45) is 5.73 Å². The minimum absolute atomic E-state index is 0.0427. The van der Waals surface area contributed by atoms with Gasteiger partial charge in [0, 0.05) is 22.2 Å². The number of carbonyl (C=O) groups excluding carboxylic acids is 1. The van der Waals surface area contributed by atoms with E-state index in [1.54, 1.807) is 31.4 Å². The molecule has 0 saturated heterocycles. The van der Waals surface area contributed by atoms with E-state index in [4.69, 9.17) is 14.9 Å². The van der Waals surface area contributed by atoms with E-state index >= 15 is 0 Å². The van der Waals surface area contributed by atoms with Gasteiger partial charge < -0.3 is 20.2 Å². The quantitative estimate of drug-likeness (QED) is 0.637. The van der Waals surface area contributed by atoms with Crippen LogP contribution < -0.4 is 21.4 Å². The lowest BCUT2D eigenvalue weighted by atomic mass is 9.98. The van der Waals surface area contributed by atoms with Gasteiger partial charge in [-0.2, -0.15) is 0 Å². The Morgan fingerprint density at radius 1 is 1.17 bits per heavy atom. The van der Waals surface area contributed by atoms with Crippen molar-refractivity contribution in [3.8, 4) is 5.75 Å². The van der Waals surface area contributed by atoms with Gasteiger partial charge in [0.15, 0.2) is 0 Å². The topological polar surface area (TPSA) is 94.6 Å². The van der Waals surface area contributed by atoms with Crippen molar-refractivity contribution in [3.05, 3.63) is 69.6 Å². The highest BCUT2D eigenvalue weighted by Gasteiger charge is 2.39. The largest absolute Gasteiger partial charge is 0.496 e. The third-order valence-electron chi connectivity index (χ3n) is 5.45. The lowest BCUT2D eigenvalue weighted by Crippen LogP contribution is -2.21. The number of ether oxygens (including phenoxy) is 1. The number of nitrogens with two attached hydrogens (primary N) is 1. The number of nitrogens with one attached hydrogen (secondary N) is 1. The lowest BCUT2D eigenvalue weighted by molar-refractivity contribution is 0.102. The fourth-order valence-corrected chi connectivity index (χ4v) is 3.58. The zero-order chi connectivity index (χ0) is 20.8. The summed E-state index contributed by atoms with van der Waals surface area (Å²) in [6, 6.07) is 12.6. The summed E-state index contributed by atoms with van der Waals surface area (Å²) in [4.78, 5) is 25.2. The van der Waals surface area contributed by atoms with Gasteiger partial charge in [0.05, 0.1) is 7.11 Å². The molecule has 0 bridgehead atoms. The summed E-state index contributed by atoms with van der Waals surface area (Å²) in [5, 5.41) is 3.43. The van der Waals surface area contributed by atoms with E-state index in [-0.39, 0.29) is 17.0 Å². The van der Waals surface area contributed by atoms with Crippen LogP contribution in [0.1, 0.15) is 54.1 Å². The molecule has 3 N–H and O–H groups in total. The molecule has 1 heterocycles. The van der Waals surface area contributed by atoms with Gasteiger partial charge >= 0.3 is 5.63 Å². The van der Waals surface area contributed by atoms with Gasteiger partial charge in [0.2, 0.25) is 0 Å². The summed E-state index contributed by atoms with van der Waals surface area (Å²) in [5.74, 6) is 0.234. The van der Waals surface area contributed by atoms with E-state index in [9.17, 15) is 9.59 Å². The molecule has 1 aromatic heterocycles. The minimum atomic E-state index is -0.680. The first kappa shape index (κ1) is 19.2. The van der Waals surface area contributed by atoms with Crippen LogP contribution in [0.15, 0.2) is 51.7 Å². The molecular weight excluding hydrogens is 368 g/mol. The second-order valence-corrected chi connectivity index (χ2v) is 7.89. The molecule has 1 aliphatic carbocycles. The van der Waals surface area contributed by atoms with Crippen LogP contribution in [0.3, 0.4) is 0 Å². The van der Waals surface area contributed by atoms with Crippen molar-refractivity contribution >= 4 is 22.6 Å². The van der Waals surface area contributed by atoms with Gasteiger partial charge in [0.1, 0.15) is 16.9 Å². The Hall–Kier alpha value is -3.12. The summed E-state index contributed by atoms with van der Waals surface area (Å²) in [5.41, 5.74) is 8.14. The van der Waals surface area contributed by atoms with Crippen molar-refractivity contribution in [2.75, 3.05) is 12.4 Å². The van der Waals surface area contributed by atoms with Gasteiger partial charge in [-0.15, -0.1) is 0 Å². The van der Waals surface area contributed by atoms with Crippen LogP contribution in [0, 0.1) is 0 Å². The molecule has 3 aromatic rings. The molecule has 1 amide bonds. The first-order valence-corrected chi connectivity index (χ1v) is 9.68. The standard InChI is InChI=1S/C23H24N2O4/c1-13(2)19-18(28-3)9-4-14-12-17(22(27)29-20(14)19)21(26)25-16-7-5-15(6-8-16)23(24)10-11-23/h4-9,12-13H,10-11,24H2,1-3H3,(H,25,26). The molecule has 1 aliphatic rings. The molecule has 29 heavy (non-hydrogen) atoms. The number of anilines is 1. The third-order valence-corrected chi connectivity index (χ3v) is 5.45. The van der Waals surface area contributed by atoms with Gasteiger partial charge in [-0.05, 0) is 54.7 Å². The van der Waals surface area contributed by atoms with E-state index in [1.807, 2.05) is 32.0 Å². The Labute approximate surface area is 168 Å². The van der Waals surface area contributed by atoms with Crippen molar-refractivity contribution in [1.29, 1.82) is 0 Å². The summed E-state index contributed by atoms with van der Waals surface area (Å²) in [6.07, 6.45) is 1.94. The van der Waals surface area contributed by atoms with Crippen molar-refractivity contribution in [3.63, 3.8) is 0 Å². The average Bonchev–Trinajstić information content (AvgIpc) is 3.45. The number of benzene rings is 2. The summed E-state index contributed by atoms with van der Waals surface area (Å²) >= 11 is 0. The van der Waals surface area contributed by atoms with Crippen LogP contribution >= 0.6 is 0 Å². The molecule has 0 unspecified atom stereocenters. The van der Waals surface area contributed by atoms with Crippen molar-refractivity contribution < 1.29 is 13.9 Å². The maximum atomic E-state index is 12.7. The molecular formula is C23H24N2O4. The van der Waals surface area contributed by atoms with E-state index in [1.165, 1.54) is 0 Å². The van der Waals surface area contributed by atoms with Crippen LogP contribution in [-0.4, -0.2) is 13.0 Å². The minimum Gasteiger partial charge on any atom is -0.496 e. The molecule has 6 nitrogen and oxygen atoms in total. The van der Waals surface area contributed by atoms with E-state index < -0.39 is 11.5 Å². The molecule has 0 aliphatic heterocycles. The van der Waals surface area contributed by atoms with E-state index in [0.29, 0.717) is 22.4 Å². The molecule has 0 spiro atoms. The number of hydrogen-bond acceptors (Lipinski definition) is 5. The molecule has 0 atom stereocenters. The van der Waals surface area contributed by atoms with Crippen LogP contribution in [0.4, 0.5) is 5.69 Å². The Balaban J connectivity index is 1.65. The van der Waals surface area contributed by atoms with Crippen LogP contribution in [0.5, 0.6) is 5.75 Å². The predicted octanol–water partition coefficient (Wildman–Crippen LogP) is 4.13. The molecule has 1 saturated carbocycles. The van der Waals surface area contributed by atoms with Gasteiger partial charge in [-0.1, -0.05) is 26.0 Å². The first-order chi connectivity index (χ1) is 13.8. The fraction of sp³-hybridized carbons (Fsp3) is 0.304. The maximum Gasteiger partial charge on any atom is 0.349 e. The second kappa shape index (κ2) is 7.04. The molecule has 1 fully saturated rings. The Morgan fingerprint density at radius 2 is 1.86 bits per heavy atom. The van der Waals surface area contributed by atoms with Gasteiger partial charge in [-0.25, -0.2) is 4.79 Å². The predicted molar refractivity (Wildman–Crippen MR) is 113 cm³/mol. The maximum absolute atomic E-state index is 12.7. The summed E-state index contributed by atoms with van der Waals surface area (Å²) in [6.45, 7) is 3.99. The number of methoxy groups -OCH3 is 1. The Morgan fingerprint density at radius 3 is 2.45 bits per heavy atom. The summed E-state index contributed by atoms with van der Waals surface area (Å²) in [7, 11) is 1.58. The fourth-order valence-electron chi connectivity index (χ4n) is 3.58. The summed E-state index contributed by atoms with van der Waals surface area (Å²) < 4.78 is 10.9. The number of carbonyl (C=O) groups is 1.